The molecule has 6 heteroatoms. The van der Waals surface area contributed by atoms with Gasteiger partial charge in [0.15, 0.2) is 0 Å². The predicted molar refractivity (Wildman–Crippen MR) is 89.3 cm³/mol. The number of hydrogen-bond acceptors (Lipinski definition) is 3. The van der Waals surface area contributed by atoms with Crippen LogP contribution in [-0.2, 0) is 0 Å². The highest BCUT2D eigenvalue weighted by Crippen LogP contribution is 2.33. The van der Waals surface area contributed by atoms with Gasteiger partial charge in [0.25, 0.3) is 0 Å². The van der Waals surface area contributed by atoms with Crippen molar-refractivity contribution in [1.82, 2.24) is 10.2 Å². The molecule has 3 rings (SSSR count). The van der Waals surface area contributed by atoms with Gasteiger partial charge in [0.05, 0.1) is 5.56 Å². The zero-order chi connectivity index (χ0) is 14.8. The summed E-state index contributed by atoms with van der Waals surface area (Å²) in [4.78, 5) is 0. The van der Waals surface area contributed by atoms with Crippen LogP contribution in [0.25, 0.3) is 11.5 Å². The van der Waals surface area contributed by atoms with E-state index in [1.807, 2.05) is 48.5 Å². The molecule has 0 bridgehead atoms. The number of halogens is 3. The van der Waals surface area contributed by atoms with Gasteiger partial charge in [-0.2, -0.15) is 0 Å². The van der Waals surface area contributed by atoms with Crippen molar-refractivity contribution >= 4 is 43.5 Å². The van der Waals surface area contributed by atoms with Crippen molar-refractivity contribution < 1.29 is 4.42 Å². The molecule has 1 heterocycles. The first-order chi connectivity index (χ1) is 10.1. The summed E-state index contributed by atoms with van der Waals surface area (Å²) in [5.74, 6) is 0.818. The van der Waals surface area contributed by atoms with Crippen LogP contribution in [0, 0.1) is 0 Å². The average molecular weight is 429 g/mol. The lowest BCUT2D eigenvalue weighted by Gasteiger charge is -2.04. The second-order valence-electron chi connectivity index (χ2n) is 4.34. The van der Waals surface area contributed by atoms with Crippen molar-refractivity contribution in [1.29, 1.82) is 0 Å². The van der Waals surface area contributed by atoms with Crippen molar-refractivity contribution in [2.75, 3.05) is 0 Å². The molecule has 21 heavy (non-hydrogen) atoms. The van der Waals surface area contributed by atoms with Crippen molar-refractivity contribution in [2.45, 2.75) is 5.38 Å². The van der Waals surface area contributed by atoms with Crippen LogP contribution in [0.2, 0.25) is 0 Å². The minimum absolute atomic E-state index is 0.382. The van der Waals surface area contributed by atoms with Crippen molar-refractivity contribution in [2.24, 2.45) is 0 Å². The minimum atomic E-state index is -0.457. The largest absolute Gasteiger partial charge is 0.419 e. The van der Waals surface area contributed by atoms with Crippen molar-refractivity contribution in [3.05, 3.63) is 68.9 Å². The Morgan fingerprint density at radius 3 is 2.48 bits per heavy atom. The predicted octanol–water partition coefficient (Wildman–Crippen LogP) is 5.59. The van der Waals surface area contributed by atoms with Crippen LogP contribution in [0.4, 0.5) is 0 Å². The lowest BCUT2D eigenvalue weighted by molar-refractivity contribution is 0.513. The quantitative estimate of drug-likeness (QED) is 0.511. The molecule has 2 aromatic carbocycles. The van der Waals surface area contributed by atoms with E-state index in [0.29, 0.717) is 11.8 Å². The standard InChI is InChI=1S/C15H9Br2ClN2O/c16-10-6-7-11(12(17)8-10)14-19-20-15(21-14)13(18)9-4-2-1-3-5-9/h1-8,13H. The smallest absolute Gasteiger partial charge is 0.248 e. The zero-order valence-corrected chi connectivity index (χ0v) is 14.6. The van der Waals surface area contributed by atoms with Gasteiger partial charge in [0.2, 0.25) is 11.8 Å². The Bertz CT molecular complexity index is 761. The van der Waals surface area contributed by atoms with E-state index >= 15 is 0 Å². The van der Waals surface area contributed by atoms with Gasteiger partial charge in [-0.3, -0.25) is 0 Å². The fourth-order valence-electron chi connectivity index (χ4n) is 1.87. The number of rotatable bonds is 3. The van der Waals surface area contributed by atoms with Crippen LogP contribution in [0.15, 0.2) is 61.9 Å². The van der Waals surface area contributed by atoms with Gasteiger partial charge in [0.1, 0.15) is 5.38 Å². The van der Waals surface area contributed by atoms with Gasteiger partial charge in [-0.25, -0.2) is 0 Å². The number of hydrogen-bond donors (Lipinski definition) is 0. The van der Waals surface area contributed by atoms with E-state index in [2.05, 4.69) is 42.1 Å². The van der Waals surface area contributed by atoms with Gasteiger partial charge < -0.3 is 4.42 Å². The second-order valence-corrected chi connectivity index (χ2v) is 6.55. The summed E-state index contributed by atoms with van der Waals surface area (Å²) in [6.45, 7) is 0. The molecule has 0 aliphatic carbocycles. The van der Waals surface area contributed by atoms with Crippen LogP contribution >= 0.6 is 43.5 Å². The van der Waals surface area contributed by atoms with E-state index < -0.39 is 5.38 Å². The Hall–Kier alpha value is -1.17. The van der Waals surface area contributed by atoms with Crippen LogP contribution in [-0.4, -0.2) is 10.2 Å². The van der Waals surface area contributed by atoms with Crippen molar-refractivity contribution in [3.63, 3.8) is 0 Å². The molecule has 1 atom stereocenters. The highest BCUT2D eigenvalue weighted by atomic mass is 79.9. The number of nitrogens with zero attached hydrogens (tertiary/aromatic N) is 2. The molecular weight excluding hydrogens is 419 g/mol. The van der Waals surface area contributed by atoms with Gasteiger partial charge in [-0.15, -0.1) is 21.8 Å². The SMILES string of the molecule is ClC(c1ccccc1)c1nnc(-c2ccc(Br)cc2Br)o1. The Labute approximate surface area is 143 Å². The number of alkyl halides is 1. The van der Waals surface area contributed by atoms with Gasteiger partial charge in [-0.05, 0) is 39.7 Å². The van der Waals surface area contributed by atoms with E-state index in [1.54, 1.807) is 0 Å². The molecule has 0 aliphatic heterocycles. The maximum atomic E-state index is 6.38. The van der Waals surface area contributed by atoms with Gasteiger partial charge in [0, 0.05) is 8.95 Å². The van der Waals surface area contributed by atoms with E-state index in [0.717, 1.165) is 20.1 Å². The minimum Gasteiger partial charge on any atom is -0.419 e. The molecule has 0 spiro atoms. The summed E-state index contributed by atoms with van der Waals surface area (Å²) in [6.07, 6.45) is 0. The molecule has 0 fully saturated rings. The van der Waals surface area contributed by atoms with Crippen LogP contribution in [0.3, 0.4) is 0 Å². The van der Waals surface area contributed by atoms with E-state index in [1.165, 1.54) is 0 Å². The van der Waals surface area contributed by atoms with Gasteiger partial charge in [-0.1, -0.05) is 46.3 Å². The summed E-state index contributed by atoms with van der Waals surface area (Å²) in [6, 6.07) is 15.4. The molecular formula is C15H9Br2ClN2O. The Balaban J connectivity index is 1.93. The zero-order valence-electron chi connectivity index (χ0n) is 10.6. The maximum absolute atomic E-state index is 6.38. The first-order valence-corrected chi connectivity index (χ1v) is 8.15. The molecule has 3 aromatic rings. The van der Waals surface area contributed by atoms with Crippen molar-refractivity contribution in [3.8, 4) is 11.5 Å². The highest BCUT2D eigenvalue weighted by Gasteiger charge is 2.19. The second kappa shape index (κ2) is 6.30. The maximum Gasteiger partial charge on any atom is 0.248 e. The molecule has 0 saturated carbocycles. The summed E-state index contributed by atoms with van der Waals surface area (Å²) >= 11 is 13.3. The molecule has 0 saturated heterocycles. The van der Waals surface area contributed by atoms with Crippen LogP contribution in [0.1, 0.15) is 16.8 Å². The lowest BCUT2D eigenvalue weighted by Crippen LogP contribution is -1.92. The highest BCUT2D eigenvalue weighted by molar-refractivity contribution is 9.11. The topological polar surface area (TPSA) is 38.9 Å². The summed E-state index contributed by atoms with van der Waals surface area (Å²) in [5.41, 5.74) is 1.75. The first-order valence-electron chi connectivity index (χ1n) is 6.13. The third-order valence-electron chi connectivity index (χ3n) is 2.91. The van der Waals surface area contributed by atoms with Gasteiger partial charge >= 0.3 is 0 Å². The molecule has 0 radical (unpaired) electrons. The summed E-state index contributed by atoms with van der Waals surface area (Å²) in [5, 5.41) is 7.67. The van der Waals surface area contributed by atoms with E-state index in [9.17, 15) is 0 Å². The molecule has 0 aliphatic rings. The third-order valence-corrected chi connectivity index (χ3v) is 4.50. The molecule has 0 N–H and O–H groups in total. The molecule has 1 aromatic heterocycles. The lowest BCUT2D eigenvalue weighted by atomic mass is 10.1. The number of benzene rings is 2. The fourth-order valence-corrected chi connectivity index (χ4v) is 3.32. The average Bonchev–Trinajstić information content (AvgIpc) is 2.97. The monoisotopic (exact) mass is 426 g/mol. The fraction of sp³-hybridized carbons (Fsp3) is 0.0667. The summed E-state index contributed by atoms with van der Waals surface area (Å²) in [7, 11) is 0. The van der Waals surface area contributed by atoms with E-state index in [-0.39, 0.29) is 0 Å². The Morgan fingerprint density at radius 2 is 1.76 bits per heavy atom. The molecule has 1 unspecified atom stereocenters. The molecule has 106 valence electrons. The van der Waals surface area contributed by atoms with E-state index in [4.69, 9.17) is 16.0 Å². The Morgan fingerprint density at radius 1 is 1.00 bits per heavy atom. The molecule has 3 nitrogen and oxygen atoms in total. The van der Waals surface area contributed by atoms with Crippen LogP contribution in [0.5, 0.6) is 0 Å². The molecule has 0 amide bonds. The summed E-state index contributed by atoms with van der Waals surface area (Å²) < 4.78 is 7.55. The number of aromatic nitrogens is 2. The third kappa shape index (κ3) is 3.20. The normalized spacial score (nSPS) is 12.3. The Kier molecular flexibility index (Phi) is 4.42. The van der Waals surface area contributed by atoms with Crippen LogP contribution < -0.4 is 0 Å². The first kappa shape index (κ1) is 14.8.